The Bertz CT molecular complexity index is 1210. The molecule has 8 heteroatoms. The molecule has 0 bridgehead atoms. The standard InChI is InChI=1S/C23H17Br2NO4S/c1-29-21-15(11-16(24)13-18(21)25)12-20-22(27)26(23(28)31-20)9-10-30-19-8-4-6-14-5-2-3-7-17(14)19/h2-8,11-13H,9-10H2,1H3/b20-12-. The number of halogens is 2. The van der Waals surface area contributed by atoms with E-state index in [-0.39, 0.29) is 24.3 Å². The highest BCUT2D eigenvalue weighted by molar-refractivity contribution is 9.11. The maximum atomic E-state index is 12.8. The lowest BCUT2D eigenvalue weighted by molar-refractivity contribution is -0.123. The Morgan fingerprint density at radius 2 is 1.84 bits per heavy atom. The summed E-state index contributed by atoms with van der Waals surface area (Å²) in [6.07, 6.45) is 1.67. The largest absolute Gasteiger partial charge is 0.495 e. The van der Waals surface area contributed by atoms with Crippen molar-refractivity contribution in [3.8, 4) is 11.5 Å². The van der Waals surface area contributed by atoms with Crippen LogP contribution < -0.4 is 9.47 Å². The first-order valence-corrected chi connectivity index (χ1v) is 11.8. The molecule has 1 heterocycles. The Hall–Kier alpha value is -2.29. The zero-order valence-electron chi connectivity index (χ0n) is 16.4. The summed E-state index contributed by atoms with van der Waals surface area (Å²) in [7, 11) is 1.56. The van der Waals surface area contributed by atoms with Crippen molar-refractivity contribution in [2.75, 3.05) is 20.3 Å². The van der Waals surface area contributed by atoms with Gasteiger partial charge in [-0.15, -0.1) is 0 Å². The molecule has 1 fully saturated rings. The van der Waals surface area contributed by atoms with E-state index in [1.54, 1.807) is 13.2 Å². The predicted octanol–water partition coefficient (Wildman–Crippen LogP) is 6.49. The van der Waals surface area contributed by atoms with Crippen LogP contribution in [0.5, 0.6) is 11.5 Å². The van der Waals surface area contributed by atoms with Crippen LogP contribution in [-0.2, 0) is 4.79 Å². The number of amides is 2. The molecule has 5 nitrogen and oxygen atoms in total. The van der Waals surface area contributed by atoms with Gasteiger partial charge in [0.2, 0.25) is 0 Å². The van der Waals surface area contributed by atoms with E-state index < -0.39 is 0 Å². The molecule has 31 heavy (non-hydrogen) atoms. The zero-order valence-corrected chi connectivity index (χ0v) is 20.4. The number of nitrogens with zero attached hydrogens (tertiary/aromatic N) is 1. The van der Waals surface area contributed by atoms with Crippen molar-refractivity contribution in [2.24, 2.45) is 0 Å². The molecule has 4 rings (SSSR count). The first-order valence-electron chi connectivity index (χ1n) is 9.37. The Balaban J connectivity index is 1.48. The molecule has 0 saturated carbocycles. The van der Waals surface area contributed by atoms with Crippen LogP contribution in [0.2, 0.25) is 0 Å². The van der Waals surface area contributed by atoms with E-state index >= 15 is 0 Å². The van der Waals surface area contributed by atoms with E-state index in [0.717, 1.165) is 37.2 Å². The smallest absolute Gasteiger partial charge is 0.293 e. The second-order valence-electron chi connectivity index (χ2n) is 6.67. The molecule has 0 aliphatic carbocycles. The lowest BCUT2D eigenvalue weighted by Gasteiger charge is -2.14. The summed E-state index contributed by atoms with van der Waals surface area (Å²) in [6.45, 7) is 0.385. The molecule has 0 aromatic heterocycles. The third-order valence-corrected chi connectivity index (χ3v) is 6.68. The number of carbonyl (C=O) groups excluding carboxylic acids is 2. The second-order valence-corrected chi connectivity index (χ2v) is 9.43. The number of methoxy groups -OCH3 is 1. The summed E-state index contributed by atoms with van der Waals surface area (Å²) < 4.78 is 12.9. The number of carbonyl (C=O) groups is 2. The van der Waals surface area contributed by atoms with Gasteiger partial charge in [0.1, 0.15) is 18.1 Å². The lowest BCUT2D eigenvalue weighted by Crippen LogP contribution is -2.32. The number of benzene rings is 3. The highest BCUT2D eigenvalue weighted by Crippen LogP contribution is 2.38. The predicted molar refractivity (Wildman–Crippen MR) is 131 cm³/mol. The van der Waals surface area contributed by atoms with Crippen LogP contribution >= 0.6 is 43.6 Å². The van der Waals surface area contributed by atoms with Crippen molar-refractivity contribution in [3.63, 3.8) is 0 Å². The van der Waals surface area contributed by atoms with Gasteiger partial charge in [0.15, 0.2) is 0 Å². The van der Waals surface area contributed by atoms with E-state index in [1.165, 1.54) is 4.90 Å². The maximum Gasteiger partial charge on any atom is 0.293 e. The van der Waals surface area contributed by atoms with Crippen LogP contribution in [0.1, 0.15) is 5.56 Å². The molecule has 0 radical (unpaired) electrons. The molecule has 3 aromatic rings. The van der Waals surface area contributed by atoms with Gasteiger partial charge in [0.25, 0.3) is 11.1 Å². The molecule has 1 saturated heterocycles. The molecular formula is C23H17Br2NO4S. The van der Waals surface area contributed by atoms with E-state index in [9.17, 15) is 9.59 Å². The molecule has 0 unspecified atom stereocenters. The SMILES string of the molecule is COc1c(Br)cc(Br)cc1/C=C1\SC(=O)N(CCOc2cccc3ccccc23)C1=O. The van der Waals surface area contributed by atoms with E-state index in [1.807, 2.05) is 54.6 Å². The van der Waals surface area contributed by atoms with Crippen LogP contribution in [0.15, 0.2) is 68.4 Å². The van der Waals surface area contributed by atoms with Crippen LogP contribution in [0.4, 0.5) is 4.79 Å². The third-order valence-electron chi connectivity index (χ3n) is 4.72. The first-order chi connectivity index (χ1) is 15.0. The van der Waals surface area contributed by atoms with Gasteiger partial charge in [-0.25, -0.2) is 0 Å². The van der Waals surface area contributed by atoms with Crippen LogP contribution in [0, 0.1) is 0 Å². The fraction of sp³-hybridized carbons (Fsp3) is 0.130. The van der Waals surface area contributed by atoms with Crippen molar-refractivity contribution in [1.82, 2.24) is 4.90 Å². The molecular weight excluding hydrogens is 546 g/mol. The lowest BCUT2D eigenvalue weighted by atomic mass is 10.1. The van der Waals surface area contributed by atoms with Gasteiger partial charge in [-0.3, -0.25) is 14.5 Å². The van der Waals surface area contributed by atoms with Crippen molar-refractivity contribution in [1.29, 1.82) is 0 Å². The monoisotopic (exact) mass is 561 g/mol. The van der Waals surface area contributed by atoms with Crippen molar-refractivity contribution in [3.05, 3.63) is 74.0 Å². The molecule has 1 aliphatic heterocycles. The highest BCUT2D eigenvalue weighted by atomic mass is 79.9. The average Bonchev–Trinajstić information content (AvgIpc) is 3.01. The fourth-order valence-electron chi connectivity index (χ4n) is 3.31. The van der Waals surface area contributed by atoms with Gasteiger partial charge in [0, 0.05) is 15.4 Å². The number of thioether (sulfide) groups is 1. The summed E-state index contributed by atoms with van der Waals surface area (Å²) in [6, 6.07) is 17.4. The van der Waals surface area contributed by atoms with Gasteiger partial charge in [-0.1, -0.05) is 52.3 Å². The van der Waals surface area contributed by atoms with Crippen molar-refractivity contribution < 1.29 is 19.1 Å². The Labute approximate surface area is 200 Å². The Kier molecular flexibility index (Phi) is 6.69. The van der Waals surface area contributed by atoms with Gasteiger partial charge in [-0.05, 0) is 57.4 Å². The number of hydrogen-bond acceptors (Lipinski definition) is 5. The number of imide groups is 1. The number of rotatable bonds is 6. The van der Waals surface area contributed by atoms with E-state index in [4.69, 9.17) is 9.47 Å². The minimum atomic E-state index is -0.338. The number of hydrogen-bond donors (Lipinski definition) is 0. The highest BCUT2D eigenvalue weighted by Gasteiger charge is 2.35. The molecule has 0 spiro atoms. The van der Waals surface area contributed by atoms with Crippen molar-refractivity contribution in [2.45, 2.75) is 0 Å². The van der Waals surface area contributed by atoms with Gasteiger partial charge in [0.05, 0.1) is 23.0 Å². The molecule has 158 valence electrons. The van der Waals surface area contributed by atoms with E-state index in [0.29, 0.717) is 16.2 Å². The van der Waals surface area contributed by atoms with Gasteiger partial charge >= 0.3 is 0 Å². The van der Waals surface area contributed by atoms with Crippen LogP contribution in [-0.4, -0.2) is 36.3 Å². The zero-order chi connectivity index (χ0) is 22.0. The minimum absolute atomic E-state index is 0.171. The summed E-state index contributed by atoms with van der Waals surface area (Å²) in [5.41, 5.74) is 0.696. The van der Waals surface area contributed by atoms with Gasteiger partial charge < -0.3 is 9.47 Å². The molecule has 1 aliphatic rings. The summed E-state index contributed by atoms with van der Waals surface area (Å²) in [4.78, 5) is 26.8. The Morgan fingerprint density at radius 1 is 1.06 bits per heavy atom. The van der Waals surface area contributed by atoms with E-state index in [2.05, 4.69) is 31.9 Å². The van der Waals surface area contributed by atoms with Gasteiger partial charge in [-0.2, -0.15) is 0 Å². The minimum Gasteiger partial charge on any atom is -0.495 e. The topological polar surface area (TPSA) is 55.8 Å². The van der Waals surface area contributed by atoms with Crippen LogP contribution in [0.3, 0.4) is 0 Å². The number of ether oxygens (including phenoxy) is 2. The average molecular weight is 563 g/mol. The number of fused-ring (bicyclic) bond motifs is 1. The normalized spacial score (nSPS) is 15.2. The van der Waals surface area contributed by atoms with Crippen molar-refractivity contribution >= 4 is 71.6 Å². The third kappa shape index (κ3) is 4.66. The summed E-state index contributed by atoms with van der Waals surface area (Å²) in [5, 5.41) is 1.75. The first kappa shape index (κ1) is 21.9. The molecule has 0 N–H and O–H groups in total. The summed E-state index contributed by atoms with van der Waals surface area (Å²) >= 11 is 7.80. The second kappa shape index (κ2) is 9.46. The molecule has 2 amide bonds. The quantitative estimate of drug-likeness (QED) is 0.321. The maximum absolute atomic E-state index is 12.8. The molecule has 0 atom stereocenters. The Morgan fingerprint density at radius 3 is 2.65 bits per heavy atom. The van der Waals surface area contributed by atoms with Crippen LogP contribution in [0.25, 0.3) is 16.8 Å². The summed E-state index contributed by atoms with van der Waals surface area (Å²) in [5.74, 6) is 0.980. The fourth-order valence-corrected chi connectivity index (χ4v) is 5.58. The molecule has 3 aromatic carbocycles.